The molecule has 0 bridgehead atoms. The molecule has 3 N–H and O–H groups in total. The number of alkyl halides is 3. The van der Waals surface area contributed by atoms with Gasteiger partial charge in [-0.1, -0.05) is 20.3 Å². The van der Waals surface area contributed by atoms with Crippen molar-refractivity contribution in [1.29, 1.82) is 0 Å². The number of nitrogens with two attached hydrogens (primary N) is 1. The van der Waals surface area contributed by atoms with Crippen LogP contribution in [0, 0.1) is 5.92 Å². The second kappa shape index (κ2) is 6.57. The zero-order valence-corrected chi connectivity index (χ0v) is 9.30. The van der Waals surface area contributed by atoms with Gasteiger partial charge in [0.25, 0.3) is 0 Å². The topological polar surface area (TPSA) is 64.3 Å². The molecule has 0 aromatic heterocycles. The number of carbonyl (C=O) groups is 1. The van der Waals surface area contributed by atoms with E-state index >= 15 is 0 Å². The lowest BCUT2D eigenvalue weighted by atomic mass is 10.00. The molecule has 0 aliphatic rings. The van der Waals surface area contributed by atoms with Gasteiger partial charge in [-0.15, -0.1) is 0 Å². The Morgan fingerprint density at radius 2 is 2.06 bits per heavy atom. The Balaban J connectivity index is 4.02. The highest BCUT2D eigenvalue weighted by atomic mass is 19.4. The van der Waals surface area contributed by atoms with Crippen LogP contribution in [-0.4, -0.2) is 31.5 Å². The third-order valence-electron chi connectivity index (χ3n) is 2.25. The Labute approximate surface area is 92.3 Å². The minimum Gasteiger partial charge on any atom is -0.440 e. The molecule has 2 atom stereocenters. The van der Waals surface area contributed by atoms with E-state index in [0.717, 1.165) is 6.42 Å². The monoisotopic (exact) mass is 242 g/mol. The fourth-order valence-electron chi connectivity index (χ4n) is 1.06. The Morgan fingerprint density at radius 1 is 1.50 bits per heavy atom. The number of hydrogen-bond donors (Lipinski definition) is 2. The van der Waals surface area contributed by atoms with Crippen LogP contribution in [0.25, 0.3) is 0 Å². The van der Waals surface area contributed by atoms with E-state index in [9.17, 15) is 18.0 Å². The molecule has 0 fully saturated rings. The molecule has 7 heteroatoms. The van der Waals surface area contributed by atoms with E-state index in [1.807, 2.05) is 13.8 Å². The zero-order chi connectivity index (χ0) is 12.8. The lowest BCUT2D eigenvalue weighted by Gasteiger charge is -2.22. The molecule has 0 saturated heterocycles. The van der Waals surface area contributed by atoms with Crippen LogP contribution in [0.2, 0.25) is 0 Å². The number of amides is 1. The van der Waals surface area contributed by atoms with Gasteiger partial charge in [0, 0.05) is 12.6 Å². The van der Waals surface area contributed by atoms with E-state index in [0.29, 0.717) is 0 Å². The van der Waals surface area contributed by atoms with Gasteiger partial charge in [-0.3, -0.25) is 0 Å². The van der Waals surface area contributed by atoms with Crippen molar-refractivity contribution < 1.29 is 22.7 Å². The van der Waals surface area contributed by atoms with E-state index in [4.69, 9.17) is 5.73 Å². The molecule has 0 radical (unpaired) electrons. The van der Waals surface area contributed by atoms with Crippen molar-refractivity contribution in [3.05, 3.63) is 0 Å². The van der Waals surface area contributed by atoms with Crippen molar-refractivity contribution in [2.75, 3.05) is 13.2 Å². The predicted molar refractivity (Wildman–Crippen MR) is 52.8 cm³/mol. The molecular weight excluding hydrogens is 225 g/mol. The van der Waals surface area contributed by atoms with Gasteiger partial charge >= 0.3 is 12.3 Å². The van der Waals surface area contributed by atoms with Gasteiger partial charge in [0.05, 0.1) is 0 Å². The first-order valence-corrected chi connectivity index (χ1v) is 5.00. The third kappa shape index (κ3) is 6.49. The maximum Gasteiger partial charge on any atom is 0.422 e. The standard InChI is InChI=1S/C9H17F3N2O2/c1-3-6(2)7(4-13)14-8(15)16-5-9(10,11)12/h6-7H,3-5,13H2,1-2H3,(H,14,15)/t6-,7+/m0/s1. The summed E-state index contributed by atoms with van der Waals surface area (Å²) >= 11 is 0. The van der Waals surface area contributed by atoms with E-state index < -0.39 is 18.9 Å². The summed E-state index contributed by atoms with van der Waals surface area (Å²) in [5.41, 5.74) is 5.39. The molecule has 1 amide bonds. The summed E-state index contributed by atoms with van der Waals surface area (Å²) in [6, 6.07) is -0.370. The first-order chi connectivity index (χ1) is 7.30. The average Bonchev–Trinajstić information content (AvgIpc) is 2.21. The molecule has 0 unspecified atom stereocenters. The molecule has 0 aliphatic carbocycles. The lowest BCUT2D eigenvalue weighted by Crippen LogP contribution is -2.45. The van der Waals surface area contributed by atoms with Gasteiger partial charge in [0.2, 0.25) is 0 Å². The molecule has 0 aromatic carbocycles. The summed E-state index contributed by atoms with van der Waals surface area (Å²) in [4.78, 5) is 11.0. The second-order valence-corrected chi connectivity index (χ2v) is 3.56. The molecule has 0 saturated carbocycles. The highest BCUT2D eigenvalue weighted by molar-refractivity contribution is 5.67. The van der Waals surface area contributed by atoms with Crippen LogP contribution in [0.15, 0.2) is 0 Å². The van der Waals surface area contributed by atoms with Crippen LogP contribution in [0.5, 0.6) is 0 Å². The maximum absolute atomic E-state index is 11.7. The van der Waals surface area contributed by atoms with Gasteiger partial charge in [0.15, 0.2) is 6.61 Å². The summed E-state index contributed by atoms with van der Waals surface area (Å²) in [6.07, 6.45) is -4.83. The third-order valence-corrected chi connectivity index (χ3v) is 2.25. The first-order valence-electron chi connectivity index (χ1n) is 5.00. The summed E-state index contributed by atoms with van der Waals surface area (Å²) in [6.45, 7) is 2.32. The second-order valence-electron chi connectivity index (χ2n) is 3.56. The quantitative estimate of drug-likeness (QED) is 0.770. The van der Waals surface area contributed by atoms with E-state index in [-0.39, 0.29) is 18.5 Å². The number of alkyl carbamates (subject to hydrolysis) is 1. The molecule has 16 heavy (non-hydrogen) atoms. The molecule has 0 aromatic rings. The summed E-state index contributed by atoms with van der Waals surface area (Å²) in [7, 11) is 0. The maximum atomic E-state index is 11.7. The predicted octanol–water partition coefficient (Wildman–Crippen LogP) is 1.65. The number of rotatable bonds is 5. The number of ether oxygens (including phenoxy) is 1. The average molecular weight is 242 g/mol. The molecule has 96 valence electrons. The largest absolute Gasteiger partial charge is 0.440 e. The Morgan fingerprint density at radius 3 is 2.44 bits per heavy atom. The summed E-state index contributed by atoms with van der Waals surface area (Å²) in [5, 5.41) is 2.30. The normalized spacial score (nSPS) is 15.4. The fourth-order valence-corrected chi connectivity index (χ4v) is 1.06. The fraction of sp³-hybridized carbons (Fsp3) is 0.889. The minimum absolute atomic E-state index is 0.0865. The van der Waals surface area contributed by atoms with Crippen molar-refractivity contribution in [2.45, 2.75) is 32.5 Å². The van der Waals surface area contributed by atoms with Crippen LogP contribution < -0.4 is 11.1 Å². The Bertz CT molecular complexity index is 221. The summed E-state index contributed by atoms with van der Waals surface area (Å²) < 4.78 is 39.2. The van der Waals surface area contributed by atoms with Crippen LogP contribution >= 0.6 is 0 Å². The molecule has 0 spiro atoms. The summed E-state index contributed by atoms with van der Waals surface area (Å²) in [5.74, 6) is 0.0865. The lowest BCUT2D eigenvalue weighted by molar-refractivity contribution is -0.160. The van der Waals surface area contributed by atoms with Crippen LogP contribution in [-0.2, 0) is 4.74 Å². The molecule has 4 nitrogen and oxygen atoms in total. The Hall–Kier alpha value is -0.980. The van der Waals surface area contributed by atoms with Crippen molar-refractivity contribution in [1.82, 2.24) is 5.32 Å². The number of nitrogens with one attached hydrogen (secondary N) is 1. The van der Waals surface area contributed by atoms with Gasteiger partial charge < -0.3 is 15.8 Å². The number of halogens is 3. The smallest absolute Gasteiger partial charge is 0.422 e. The van der Waals surface area contributed by atoms with Gasteiger partial charge in [0.1, 0.15) is 0 Å². The highest BCUT2D eigenvalue weighted by Crippen LogP contribution is 2.14. The molecule has 0 rings (SSSR count). The number of hydrogen-bond acceptors (Lipinski definition) is 3. The van der Waals surface area contributed by atoms with Crippen molar-refractivity contribution >= 4 is 6.09 Å². The molecular formula is C9H17F3N2O2. The first kappa shape index (κ1) is 15.0. The van der Waals surface area contributed by atoms with Crippen molar-refractivity contribution in [3.8, 4) is 0 Å². The molecule has 0 aliphatic heterocycles. The van der Waals surface area contributed by atoms with E-state index in [1.54, 1.807) is 0 Å². The van der Waals surface area contributed by atoms with E-state index in [1.165, 1.54) is 0 Å². The zero-order valence-electron chi connectivity index (χ0n) is 9.30. The van der Waals surface area contributed by atoms with Crippen LogP contribution in [0.1, 0.15) is 20.3 Å². The van der Waals surface area contributed by atoms with Gasteiger partial charge in [-0.25, -0.2) is 4.79 Å². The Kier molecular flexibility index (Phi) is 6.17. The van der Waals surface area contributed by atoms with Crippen molar-refractivity contribution in [3.63, 3.8) is 0 Å². The van der Waals surface area contributed by atoms with Gasteiger partial charge in [-0.05, 0) is 5.92 Å². The van der Waals surface area contributed by atoms with Crippen LogP contribution in [0.3, 0.4) is 0 Å². The minimum atomic E-state index is -4.51. The van der Waals surface area contributed by atoms with E-state index in [2.05, 4.69) is 10.1 Å². The molecule has 0 heterocycles. The van der Waals surface area contributed by atoms with Crippen molar-refractivity contribution in [2.24, 2.45) is 11.7 Å². The van der Waals surface area contributed by atoms with Crippen LogP contribution in [0.4, 0.5) is 18.0 Å². The highest BCUT2D eigenvalue weighted by Gasteiger charge is 2.30. The van der Waals surface area contributed by atoms with Gasteiger partial charge in [-0.2, -0.15) is 13.2 Å². The number of carbonyl (C=O) groups excluding carboxylic acids is 1. The SMILES string of the molecule is CC[C@H](C)[C@@H](CN)NC(=O)OCC(F)(F)F.